The highest BCUT2D eigenvalue weighted by molar-refractivity contribution is 9.10. The van der Waals surface area contributed by atoms with Crippen LogP contribution in [0.2, 0.25) is 0 Å². The van der Waals surface area contributed by atoms with Crippen molar-refractivity contribution >= 4 is 15.9 Å². The zero-order valence-corrected chi connectivity index (χ0v) is 10.0. The van der Waals surface area contributed by atoms with Crippen LogP contribution in [0.3, 0.4) is 0 Å². The number of benzene rings is 1. The summed E-state index contributed by atoms with van der Waals surface area (Å²) in [5.74, 6) is 0. The Bertz CT molecular complexity index is 280. The Labute approximate surface area is 93.0 Å². The summed E-state index contributed by atoms with van der Waals surface area (Å²) in [6.45, 7) is 2.13. The van der Waals surface area contributed by atoms with Gasteiger partial charge in [0.2, 0.25) is 0 Å². The second kappa shape index (κ2) is 4.91. The molecule has 0 aliphatic rings. The van der Waals surface area contributed by atoms with Crippen LogP contribution >= 0.6 is 15.9 Å². The first-order chi connectivity index (χ1) is 6.53. The van der Waals surface area contributed by atoms with E-state index in [4.69, 9.17) is 4.74 Å². The molecule has 0 aliphatic carbocycles. The van der Waals surface area contributed by atoms with Crippen molar-refractivity contribution in [2.75, 3.05) is 13.7 Å². The Balaban J connectivity index is 2.64. The molecule has 1 aromatic carbocycles. The van der Waals surface area contributed by atoms with Crippen LogP contribution in [0.5, 0.6) is 0 Å². The van der Waals surface area contributed by atoms with E-state index in [1.165, 1.54) is 0 Å². The minimum Gasteiger partial charge on any atom is -0.387 e. The zero-order valence-electron chi connectivity index (χ0n) is 8.46. The molecule has 1 unspecified atom stereocenters. The Morgan fingerprint density at radius 3 is 2.43 bits per heavy atom. The minimum absolute atomic E-state index is 0.350. The third kappa shape index (κ3) is 3.78. The van der Waals surface area contributed by atoms with Crippen molar-refractivity contribution in [2.45, 2.75) is 18.9 Å². The molecule has 0 saturated carbocycles. The maximum absolute atomic E-state index is 9.90. The number of ether oxygens (including phenoxy) is 1. The average Bonchev–Trinajstić information content (AvgIpc) is 2.08. The highest BCUT2D eigenvalue weighted by Crippen LogP contribution is 2.16. The maximum atomic E-state index is 9.90. The molecule has 0 bridgehead atoms. The van der Waals surface area contributed by atoms with Gasteiger partial charge in [0.05, 0.1) is 12.2 Å². The van der Waals surface area contributed by atoms with Gasteiger partial charge in [-0.15, -0.1) is 0 Å². The summed E-state index contributed by atoms with van der Waals surface area (Å²) >= 11 is 3.37. The van der Waals surface area contributed by atoms with E-state index >= 15 is 0 Å². The summed E-state index contributed by atoms with van der Waals surface area (Å²) in [5.41, 5.74) is 0.318. The molecule has 0 amide bonds. The molecule has 0 aliphatic heterocycles. The predicted molar refractivity (Wildman–Crippen MR) is 60.3 cm³/mol. The Hall–Kier alpha value is -0.380. The van der Waals surface area contributed by atoms with Crippen molar-refractivity contribution in [3.8, 4) is 0 Å². The predicted octanol–water partition coefficient (Wildman–Crippen LogP) is 2.39. The van der Waals surface area contributed by atoms with Crippen LogP contribution in [0, 0.1) is 0 Å². The van der Waals surface area contributed by atoms with Gasteiger partial charge in [0.1, 0.15) is 0 Å². The van der Waals surface area contributed by atoms with Crippen molar-refractivity contribution in [3.05, 3.63) is 34.3 Å². The SMILES string of the molecule is COCC(C)(O)Cc1ccc(Br)cc1. The topological polar surface area (TPSA) is 29.5 Å². The van der Waals surface area contributed by atoms with E-state index in [1.807, 2.05) is 24.3 Å². The summed E-state index contributed by atoms with van der Waals surface area (Å²) in [6, 6.07) is 7.93. The summed E-state index contributed by atoms with van der Waals surface area (Å²) < 4.78 is 5.99. The van der Waals surface area contributed by atoms with Gasteiger partial charge >= 0.3 is 0 Å². The standard InChI is InChI=1S/C11H15BrO2/c1-11(13,8-14-2)7-9-3-5-10(12)6-4-9/h3-6,13H,7-8H2,1-2H3. The van der Waals surface area contributed by atoms with Crippen LogP contribution in [-0.4, -0.2) is 24.4 Å². The van der Waals surface area contributed by atoms with Gasteiger partial charge in [0.25, 0.3) is 0 Å². The lowest BCUT2D eigenvalue weighted by Crippen LogP contribution is -2.32. The highest BCUT2D eigenvalue weighted by Gasteiger charge is 2.20. The van der Waals surface area contributed by atoms with Gasteiger partial charge < -0.3 is 9.84 Å². The van der Waals surface area contributed by atoms with Crippen LogP contribution in [-0.2, 0) is 11.2 Å². The van der Waals surface area contributed by atoms with Gasteiger partial charge in [-0.1, -0.05) is 28.1 Å². The fourth-order valence-corrected chi connectivity index (χ4v) is 1.67. The third-order valence-electron chi connectivity index (χ3n) is 1.95. The molecule has 0 spiro atoms. The number of methoxy groups -OCH3 is 1. The van der Waals surface area contributed by atoms with Crippen molar-refractivity contribution in [3.63, 3.8) is 0 Å². The number of rotatable bonds is 4. The molecule has 0 heterocycles. The molecule has 1 N–H and O–H groups in total. The van der Waals surface area contributed by atoms with Gasteiger partial charge in [-0.05, 0) is 24.6 Å². The van der Waals surface area contributed by atoms with Crippen LogP contribution < -0.4 is 0 Å². The van der Waals surface area contributed by atoms with Gasteiger partial charge in [-0.2, -0.15) is 0 Å². The highest BCUT2D eigenvalue weighted by atomic mass is 79.9. The normalized spacial score (nSPS) is 15.1. The van der Waals surface area contributed by atoms with Crippen LogP contribution in [0.4, 0.5) is 0 Å². The minimum atomic E-state index is -0.789. The Morgan fingerprint density at radius 2 is 1.93 bits per heavy atom. The summed E-state index contributed by atoms with van der Waals surface area (Å²) in [5, 5.41) is 9.90. The fourth-order valence-electron chi connectivity index (χ4n) is 1.40. The van der Waals surface area contributed by atoms with Gasteiger partial charge in [-0.3, -0.25) is 0 Å². The average molecular weight is 259 g/mol. The molecule has 1 aromatic rings. The molecule has 14 heavy (non-hydrogen) atoms. The number of hydrogen-bond acceptors (Lipinski definition) is 2. The van der Waals surface area contributed by atoms with Crippen molar-refractivity contribution in [1.29, 1.82) is 0 Å². The second-order valence-electron chi connectivity index (χ2n) is 3.73. The van der Waals surface area contributed by atoms with E-state index in [1.54, 1.807) is 14.0 Å². The summed E-state index contributed by atoms with van der Waals surface area (Å²) in [6.07, 6.45) is 0.605. The zero-order chi connectivity index (χ0) is 10.6. The molecule has 3 heteroatoms. The molecular formula is C11H15BrO2. The molecule has 0 radical (unpaired) electrons. The number of halogens is 1. The van der Waals surface area contributed by atoms with Crippen LogP contribution in [0.25, 0.3) is 0 Å². The number of hydrogen-bond donors (Lipinski definition) is 1. The molecule has 78 valence electrons. The quantitative estimate of drug-likeness (QED) is 0.899. The first kappa shape index (κ1) is 11.7. The van der Waals surface area contributed by atoms with Gasteiger partial charge in [-0.25, -0.2) is 0 Å². The van der Waals surface area contributed by atoms with Crippen LogP contribution in [0.1, 0.15) is 12.5 Å². The van der Waals surface area contributed by atoms with E-state index in [0.29, 0.717) is 13.0 Å². The van der Waals surface area contributed by atoms with E-state index in [0.717, 1.165) is 10.0 Å². The molecule has 2 nitrogen and oxygen atoms in total. The molecular weight excluding hydrogens is 244 g/mol. The fraction of sp³-hybridized carbons (Fsp3) is 0.455. The molecule has 1 rings (SSSR count). The van der Waals surface area contributed by atoms with Gasteiger partial charge in [0, 0.05) is 18.0 Å². The number of aliphatic hydroxyl groups is 1. The first-order valence-corrected chi connectivity index (χ1v) is 5.28. The summed E-state index contributed by atoms with van der Waals surface area (Å²) in [4.78, 5) is 0. The smallest absolute Gasteiger partial charge is 0.0892 e. The van der Waals surface area contributed by atoms with Crippen LogP contribution in [0.15, 0.2) is 28.7 Å². The Kier molecular flexibility index (Phi) is 4.11. The van der Waals surface area contributed by atoms with Crippen molar-refractivity contribution in [2.24, 2.45) is 0 Å². The second-order valence-corrected chi connectivity index (χ2v) is 4.65. The van der Waals surface area contributed by atoms with Gasteiger partial charge in [0.15, 0.2) is 0 Å². The molecule has 0 fully saturated rings. The van der Waals surface area contributed by atoms with E-state index in [-0.39, 0.29) is 0 Å². The molecule has 0 aromatic heterocycles. The molecule has 0 saturated heterocycles. The third-order valence-corrected chi connectivity index (χ3v) is 2.48. The van der Waals surface area contributed by atoms with Crippen molar-refractivity contribution < 1.29 is 9.84 Å². The van der Waals surface area contributed by atoms with E-state index < -0.39 is 5.60 Å². The largest absolute Gasteiger partial charge is 0.387 e. The monoisotopic (exact) mass is 258 g/mol. The lowest BCUT2D eigenvalue weighted by atomic mass is 9.98. The van der Waals surface area contributed by atoms with E-state index in [2.05, 4.69) is 15.9 Å². The first-order valence-electron chi connectivity index (χ1n) is 4.49. The maximum Gasteiger partial charge on any atom is 0.0892 e. The summed E-state index contributed by atoms with van der Waals surface area (Å²) in [7, 11) is 1.59. The molecule has 1 atom stereocenters. The lowest BCUT2D eigenvalue weighted by Gasteiger charge is -2.22. The van der Waals surface area contributed by atoms with Crippen molar-refractivity contribution in [1.82, 2.24) is 0 Å². The Morgan fingerprint density at radius 1 is 1.36 bits per heavy atom. The van der Waals surface area contributed by atoms with E-state index in [9.17, 15) is 5.11 Å². The lowest BCUT2D eigenvalue weighted by molar-refractivity contribution is -0.0161.